The van der Waals surface area contributed by atoms with E-state index < -0.39 is 53.5 Å². The summed E-state index contributed by atoms with van der Waals surface area (Å²) < 4.78 is 61.9. The number of amides is 3. The minimum absolute atomic E-state index is 0.0433. The smallest absolute Gasteiger partial charge is 0.419 e. The standard InChI is InChI=1S/C25H24F4N4O4/c1-4-31-14(3)30-19-11-16(9-10-20(19)31)32-13-17(23(35)37-5-2)22(34)33(24(32)36)12-15-7-6-8-18(26)21(15)25(27,28)29/h6-11,17H,4-5,12-13H2,1-3H3. The Bertz CT molecular complexity index is 1390. The van der Waals surface area contributed by atoms with E-state index in [0.717, 1.165) is 28.4 Å². The maximum atomic E-state index is 14.2. The van der Waals surface area contributed by atoms with Crippen LogP contribution in [0.5, 0.6) is 0 Å². The lowest BCUT2D eigenvalue weighted by molar-refractivity contribution is -0.155. The van der Waals surface area contributed by atoms with Crippen molar-refractivity contribution < 1.29 is 36.7 Å². The maximum absolute atomic E-state index is 14.2. The molecule has 4 rings (SSSR count). The quantitative estimate of drug-likeness (QED) is 0.268. The van der Waals surface area contributed by atoms with Crippen molar-refractivity contribution in [3.8, 4) is 0 Å². The van der Waals surface area contributed by atoms with Crippen LogP contribution in [0.2, 0.25) is 0 Å². The molecule has 8 nitrogen and oxygen atoms in total. The summed E-state index contributed by atoms with van der Waals surface area (Å²) in [7, 11) is 0. The molecule has 3 amide bonds. The molecule has 1 aliphatic heterocycles. The van der Waals surface area contributed by atoms with Gasteiger partial charge in [-0.2, -0.15) is 13.2 Å². The Labute approximate surface area is 209 Å². The van der Waals surface area contributed by atoms with Crippen LogP contribution in [0.4, 0.5) is 28.0 Å². The second kappa shape index (κ2) is 9.83. The Morgan fingerprint density at radius 1 is 1.16 bits per heavy atom. The molecule has 1 atom stereocenters. The van der Waals surface area contributed by atoms with E-state index in [4.69, 9.17) is 4.74 Å². The van der Waals surface area contributed by atoms with Gasteiger partial charge in [-0.05, 0) is 50.6 Å². The number of aromatic nitrogens is 2. The number of imidazole rings is 1. The number of aryl methyl sites for hydroxylation is 2. The third kappa shape index (κ3) is 4.75. The number of hydrogen-bond donors (Lipinski definition) is 0. The molecule has 1 fully saturated rings. The molecule has 0 radical (unpaired) electrons. The normalized spacial score (nSPS) is 16.6. The third-order valence-corrected chi connectivity index (χ3v) is 6.22. The van der Waals surface area contributed by atoms with Crippen LogP contribution >= 0.6 is 0 Å². The highest BCUT2D eigenvalue weighted by molar-refractivity contribution is 6.12. The molecular weight excluding hydrogens is 496 g/mol. The number of anilines is 1. The van der Waals surface area contributed by atoms with E-state index in [-0.39, 0.29) is 13.2 Å². The van der Waals surface area contributed by atoms with Crippen molar-refractivity contribution in [2.75, 3.05) is 18.1 Å². The first-order chi connectivity index (χ1) is 17.5. The van der Waals surface area contributed by atoms with E-state index >= 15 is 0 Å². The predicted octanol–water partition coefficient (Wildman–Crippen LogP) is 4.67. The Hall–Kier alpha value is -3.96. The summed E-state index contributed by atoms with van der Waals surface area (Å²) in [5.74, 6) is -4.22. The van der Waals surface area contributed by atoms with E-state index in [9.17, 15) is 31.9 Å². The zero-order valence-electron chi connectivity index (χ0n) is 20.3. The predicted molar refractivity (Wildman–Crippen MR) is 125 cm³/mol. The Kier molecular flexibility index (Phi) is 6.94. The molecule has 0 bridgehead atoms. The van der Waals surface area contributed by atoms with Crippen LogP contribution in [0.1, 0.15) is 30.8 Å². The average molecular weight is 520 g/mol. The topological polar surface area (TPSA) is 84.7 Å². The molecule has 196 valence electrons. The zero-order valence-corrected chi connectivity index (χ0v) is 20.3. The van der Waals surface area contributed by atoms with Gasteiger partial charge in [-0.3, -0.25) is 19.4 Å². The van der Waals surface area contributed by atoms with Crippen LogP contribution in [-0.4, -0.2) is 45.5 Å². The van der Waals surface area contributed by atoms with Crippen LogP contribution in [-0.2, 0) is 33.6 Å². The van der Waals surface area contributed by atoms with E-state index in [2.05, 4.69) is 4.98 Å². The molecule has 37 heavy (non-hydrogen) atoms. The van der Waals surface area contributed by atoms with Crippen LogP contribution in [0, 0.1) is 18.7 Å². The highest BCUT2D eigenvalue weighted by Crippen LogP contribution is 2.36. The van der Waals surface area contributed by atoms with Crippen molar-refractivity contribution in [3.63, 3.8) is 0 Å². The number of ether oxygens (including phenoxy) is 1. The summed E-state index contributed by atoms with van der Waals surface area (Å²) in [5.41, 5.74) is -0.544. The molecule has 1 unspecified atom stereocenters. The second-order valence-corrected chi connectivity index (χ2v) is 8.47. The Morgan fingerprint density at radius 2 is 1.89 bits per heavy atom. The van der Waals surface area contributed by atoms with E-state index in [1.807, 2.05) is 18.4 Å². The molecule has 3 aromatic rings. The highest BCUT2D eigenvalue weighted by Gasteiger charge is 2.45. The lowest BCUT2D eigenvalue weighted by Crippen LogP contribution is -2.58. The van der Waals surface area contributed by atoms with Crippen molar-refractivity contribution >= 4 is 34.6 Å². The molecule has 0 N–H and O–H groups in total. The Morgan fingerprint density at radius 3 is 2.54 bits per heavy atom. The fraction of sp³-hybridized carbons (Fsp3) is 0.360. The number of halogens is 4. The van der Waals surface area contributed by atoms with Gasteiger partial charge in [0.1, 0.15) is 11.6 Å². The van der Waals surface area contributed by atoms with Crippen molar-refractivity contribution in [3.05, 3.63) is 59.2 Å². The van der Waals surface area contributed by atoms with Gasteiger partial charge < -0.3 is 9.30 Å². The van der Waals surface area contributed by atoms with Gasteiger partial charge in [0.15, 0.2) is 5.92 Å². The summed E-state index contributed by atoms with van der Waals surface area (Å²) in [6, 6.07) is 6.67. The number of benzene rings is 2. The molecule has 1 saturated heterocycles. The first-order valence-electron chi connectivity index (χ1n) is 11.6. The van der Waals surface area contributed by atoms with Gasteiger partial charge in [0.25, 0.3) is 0 Å². The van der Waals surface area contributed by atoms with E-state index in [0.29, 0.717) is 28.7 Å². The van der Waals surface area contributed by atoms with Gasteiger partial charge >= 0.3 is 18.2 Å². The fourth-order valence-electron chi connectivity index (χ4n) is 4.54. The van der Waals surface area contributed by atoms with Gasteiger partial charge in [-0.15, -0.1) is 0 Å². The third-order valence-electron chi connectivity index (χ3n) is 6.22. The number of rotatable bonds is 6. The maximum Gasteiger partial charge on any atom is 0.419 e. The molecule has 2 heterocycles. The number of carbonyl (C=O) groups is 3. The summed E-state index contributed by atoms with van der Waals surface area (Å²) in [6.07, 6.45) is -5.07. The number of alkyl halides is 3. The van der Waals surface area contributed by atoms with Crippen LogP contribution in [0.3, 0.4) is 0 Å². The minimum Gasteiger partial charge on any atom is -0.465 e. The monoisotopic (exact) mass is 520 g/mol. The fourth-order valence-corrected chi connectivity index (χ4v) is 4.54. The minimum atomic E-state index is -5.07. The molecule has 0 aliphatic carbocycles. The number of nitrogens with zero attached hydrogens (tertiary/aromatic N) is 4. The van der Waals surface area contributed by atoms with Crippen molar-refractivity contribution in [1.82, 2.24) is 14.5 Å². The number of hydrogen-bond acceptors (Lipinski definition) is 5. The number of carbonyl (C=O) groups excluding carboxylic acids is 3. The van der Waals surface area contributed by atoms with E-state index in [1.54, 1.807) is 18.2 Å². The summed E-state index contributed by atoms with van der Waals surface area (Å²) >= 11 is 0. The van der Waals surface area contributed by atoms with Gasteiger partial charge in [-0.25, -0.2) is 14.2 Å². The summed E-state index contributed by atoms with van der Waals surface area (Å²) in [6.45, 7) is 4.66. The Balaban J connectivity index is 1.78. The molecule has 2 aromatic carbocycles. The molecule has 1 aliphatic rings. The van der Waals surface area contributed by atoms with Crippen molar-refractivity contribution in [2.45, 2.75) is 40.0 Å². The number of esters is 1. The molecule has 0 spiro atoms. The highest BCUT2D eigenvalue weighted by atomic mass is 19.4. The first-order valence-corrected chi connectivity index (χ1v) is 11.6. The van der Waals surface area contributed by atoms with Crippen LogP contribution in [0.25, 0.3) is 11.0 Å². The van der Waals surface area contributed by atoms with Gasteiger partial charge in [0, 0.05) is 12.2 Å². The van der Waals surface area contributed by atoms with E-state index in [1.165, 1.54) is 6.92 Å². The SMILES string of the molecule is CCOC(=O)C1CN(c2ccc3c(c2)nc(C)n3CC)C(=O)N(Cc2cccc(F)c2C(F)(F)F)C1=O. The molecular formula is C25H24F4N4O4. The van der Waals surface area contributed by atoms with Crippen molar-refractivity contribution in [1.29, 1.82) is 0 Å². The largest absolute Gasteiger partial charge is 0.465 e. The average Bonchev–Trinajstić information content (AvgIpc) is 3.15. The molecule has 1 aromatic heterocycles. The van der Waals surface area contributed by atoms with Gasteiger partial charge in [-0.1, -0.05) is 12.1 Å². The lowest BCUT2D eigenvalue weighted by Gasteiger charge is -2.37. The lowest BCUT2D eigenvalue weighted by atomic mass is 10.0. The van der Waals surface area contributed by atoms with Crippen LogP contribution < -0.4 is 4.90 Å². The molecule has 12 heteroatoms. The van der Waals surface area contributed by atoms with Gasteiger partial charge in [0.05, 0.1) is 36.3 Å². The molecule has 0 saturated carbocycles. The number of fused-ring (bicyclic) bond motifs is 1. The zero-order chi connectivity index (χ0) is 27.1. The summed E-state index contributed by atoms with van der Waals surface area (Å²) in [4.78, 5) is 45.4. The van der Waals surface area contributed by atoms with Crippen molar-refractivity contribution in [2.24, 2.45) is 5.92 Å². The van der Waals surface area contributed by atoms with Crippen LogP contribution in [0.15, 0.2) is 36.4 Å². The summed E-state index contributed by atoms with van der Waals surface area (Å²) in [5, 5.41) is 0. The number of imide groups is 1. The number of urea groups is 1. The van der Waals surface area contributed by atoms with Gasteiger partial charge in [0.2, 0.25) is 5.91 Å². The second-order valence-electron chi connectivity index (χ2n) is 8.47. The first kappa shape index (κ1) is 26.1.